The summed E-state index contributed by atoms with van der Waals surface area (Å²) in [4.78, 5) is 17.0. The topological polar surface area (TPSA) is 87.5 Å². The van der Waals surface area contributed by atoms with Crippen LogP contribution in [0.15, 0.2) is 18.2 Å². The molecule has 1 aliphatic heterocycles. The Bertz CT molecular complexity index is 865. The molecule has 1 amide bonds. The summed E-state index contributed by atoms with van der Waals surface area (Å²) in [5, 5.41) is 7.80. The SMILES string of the molecule is CCCCn1nc(CC(C)C)nc1[C@H]1OCC(=O)N[C@@H]1c1ccc(OC)c(OC)c1. The third kappa shape index (κ3) is 4.92. The molecular formula is C22H32N4O4. The highest BCUT2D eigenvalue weighted by Gasteiger charge is 2.36. The fourth-order valence-corrected chi connectivity index (χ4v) is 3.62. The van der Waals surface area contributed by atoms with Gasteiger partial charge in [0.15, 0.2) is 23.1 Å². The van der Waals surface area contributed by atoms with Crippen LogP contribution in [0.25, 0.3) is 0 Å². The minimum Gasteiger partial charge on any atom is -0.493 e. The van der Waals surface area contributed by atoms with Crippen molar-refractivity contribution in [2.45, 2.75) is 58.7 Å². The van der Waals surface area contributed by atoms with Gasteiger partial charge in [-0.15, -0.1) is 0 Å². The van der Waals surface area contributed by atoms with Gasteiger partial charge in [-0.1, -0.05) is 33.3 Å². The van der Waals surface area contributed by atoms with Crippen LogP contribution in [0, 0.1) is 5.92 Å². The Balaban J connectivity index is 2.00. The monoisotopic (exact) mass is 416 g/mol. The number of hydrogen-bond acceptors (Lipinski definition) is 6. The van der Waals surface area contributed by atoms with Crippen molar-refractivity contribution in [2.75, 3.05) is 20.8 Å². The number of rotatable bonds is 9. The van der Waals surface area contributed by atoms with Crippen LogP contribution in [-0.2, 0) is 22.5 Å². The molecule has 2 heterocycles. The highest BCUT2D eigenvalue weighted by atomic mass is 16.5. The average molecular weight is 417 g/mol. The number of nitrogens with zero attached hydrogens (tertiary/aromatic N) is 3. The molecule has 1 N–H and O–H groups in total. The van der Waals surface area contributed by atoms with Crippen LogP contribution in [0.5, 0.6) is 11.5 Å². The van der Waals surface area contributed by atoms with E-state index in [9.17, 15) is 4.79 Å². The van der Waals surface area contributed by atoms with E-state index in [1.807, 2.05) is 22.9 Å². The summed E-state index contributed by atoms with van der Waals surface area (Å²) < 4.78 is 18.7. The standard InChI is InChI=1S/C22H32N4O4/c1-6-7-10-26-22(23-18(25-26)11-14(2)3)21-20(24-19(27)13-30-21)15-8-9-16(28-4)17(12-15)29-5/h8-9,12,14,20-21H,6-7,10-11,13H2,1-5H3,(H,24,27)/t20-,21+/m1/s1. The van der Waals surface area contributed by atoms with Gasteiger partial charge in [0.05, 0.1) is 20.3 Å². The molecule has 1 saturated heterocycles. The van der Waals surface area contributed by atoms with Crippen LogP contribution >= 0.6 is 0 Å². The van der Waals surface area contributed by atoms with Gasteiger partial charge in [0.1, 0.15) is 12.7 Å². The molecule has 30 heavy (non-hydrogen) atoms. The van der Waals surface area contributed by atoms with E-state index in [-0.39, 0.29) is 12.5 Å². The fraction of sp³-hybridized carbons (Fsp3) is 0.591. The number of ether oxygens (including phenoxy) is 3. The molecule has 1 aromatic heterocycles. The minimum absolute atomic E-state index is 0.00535. The number of aromatic nitrogens is 3. The minimum atomic E-state index is -0.439. The fourth-order valence-electron chi connectivity index (χ4n) is 3.62. The smallest absolute Gasteiger partial charge is 0.246 e. The zero-order valence-corrected chi connectivity index (χ0v) is 18.5. The number of nitrogens with one attached hydrogen (secondary N) is 1. The van der Waals surface area contributed by atoms with Crippen LogP contribution in [0.4, 0.5) is 0 Å². The third-order valence-corrected chi connectivity index (χ3v) is 5.09. The van der Waals surface area contributed by atoms with Gasteiger partial charge in [-0.3, -0.25) is 4.79 Å². The van der Waals surface area contributed by atoms with Gasteiger partial charge in [0.2, 0.25) is 5.91 Å². The number of amides is 1. The second kappa shape index (κ2) is 9.93. The Labute approximate surface area is 177 Å². The maximum Gasteiger partial charge on any atom is 0.246 e. The third-order valence-electron chi connectivity index (χ3n) is 5.09. The Morgan fingerprint density at radius 3 is 2.70 bits per heavy atom. The van der Waals surface area contributed by atoms with E-state index in [0.29, 0.717) is 17.4 Å². The zero-order valence-electron chi connectivity index (χ0n) is 18.5. The number of hydrogen-bond donors (Lipinski definition) is 1. The normalized spacial score (nSPS) is 19.1. The number of benzene rings is 1. The van der Waals surface area contributed by atoms with Gasteiger partial charge in [-0.05, 0) is 30.0 Å². The molecule has 8 nitrogen and oxygen atoms in total. The van der Waals surface area contributed by atoms with Crippen molar-refractivity contribution in [2.24, 2.45) is 5.92 Å². The summed E-state index contributed by atoms with van der Waals surface area (Å²) in [5.41, 5.74) is 0.862. The van der Waals surface area contributed by atoms with Crippen molar-refractivity contribution >= 4 is 5.91 Å². The summed E-state index contributed by atoms with van der Waals surface area (Å²) in [6, 6.07) is 5.21. The van der Waals surface area contributed by atoms with Crippen molar-refractivity contribution in [3.05, 3.63) is 35.4 Å². The molecule has 0 saturated carbocycles. The number of morpholine rings is 1. The molecule has 8 heteroatoms. The van der Waals surface area contributed by atoms with Crippen molar-refractivity contribution < 1.29 is 19.0 Å². The lowest BCUT2D eigenvalue weighted by atomic mass is 9.98. The first-order chi connectivity index (χ1) is 14.5. The largest absolute Gasteiger partial charge is 0.493 e. The van der Waals surface area contributed by atoms with E-state index >= 15 is 0 Å². The van der Waals surface area contributed by atoms with Gasteiger partial charge in [-0.25, -0.2) is 9.67 Å². The molecule has 2 aromatic rings. The number of aryl methyl sites for hydroxylation is 1. The molecule has 0 aliphatic carbocycles. The summed E-state index contributed by atoms with van der Waals surface area (Å²) in [6.45, 7) is 7.21. The molecule has 0 spiro atoms. The van der Waals surface area contributed by atoms with Crippen LogP contribution in [0.3, 0.4) is 0 Å². The highest BCUT2D eigenvalue weighted by Crippen LogP contribution is 2.37. The Morgan fingerprint density at radius 2 is 2.03 bits per heavy atom. The van der Waals surface area contributed by atoms with Crippen molar-refractivity contribution in [3.8, 4) is 11.5 Å². The lowest BCUT2D eigenvalue weighted by molar-refractivity contribution is -0.138. The molecule has 1 aromatic carbocycles. The lowest BCUT2D eigenvalue weighted by Gasteiger charge is -2.32. The van der Waals surface area contributed by atoms with Crippen LogP contribution in [0.2, 0.25) is 0 Å². The summed E-state index contributed by atoms with van der Waals surface area (Å²) in [7, 11) is 3.19. The van der Waals surface area contributed by atoms with Crippen molar-refractivity contribution in [1.29, 1.82) is 0 Å². The second-order valence-electron chi connectivity index (χ2n) is 7.95. The molecule has 0 bridgehead atoms. The second-order valence-corrected chi connectivity index (χ2v) is 7.95. The average Bonchev–Trinajstić information content (AvgIpc) is 3.13. The van der Waals surface area contributed by atoms with Gasteiger partial charge >= 0.3 is 0 Å². The molecule has 3 rings (SSSR count). The predicted octanol–water partition coefficient (Wildman–Crippen LogP) is 3.22. The van der Waals surface area contributed by atoms with E-state index in [1.54, 1.807) is 14.2 Å². The van der Waals surface area contributed by atoms with Gasteiger partial charge in [-0.2, -0.15) is 5.10 Å². The molecule has 164 valence electrons. The van der Waals surface area contributed by atoms with Gasteiger partial charge in [0, 0.05) is 13.0 Å². The first kappa shape index (κ1) is 22.1. The zero-order chi connectivity index (χ0) is 21.7. The number of unbranched alkanes of at least 4 members (excludes halogenated alkanes) is 1. The van der Waals surface area contributed by atoms with E-state index in [0.717, 1.165) is 43.0 Å². The van der Waals surface area contributed by atoms with Crippen LogP contribution in [-0.4, -0.2) is 41.5 Å². The summed E-state index contributed by atoms with van der Waals surface area (Å²) in [6.07, 6.45) is 2.41. The highest BCUT2D eigenvalue weighted by molar-refractivity contribution is 5.78. The maximum atomic E-state index is 12.2. The molecule has 1 fully saturated rings. The van der Waals surface area contributed by atoms with E-state index < -0.39 is 12.1 Å². The van der Waals surface area contributed by atoms with E-state index in [1.165, 1.54) is 0 Å². The predicted molar refractivity (Wildman–Crippen MR) is 113 cm³/mol. The Morgan fingerprint density at radius 1 is 1.27 bits per heavy atom. The first-order valence-electron chi connectivity index (χ1n) is 10.5. The van der Waals surface area contributed by atoms with Crippen molar-refractivity contribution in [1.82, 2.24) is 20.1 Å². The number of carbonyl (C=O) groups excluding carboxylic acids is 1. The van der Waals surface area contributed by atoms with Crippen molar-refractivity contribution in [3.63, 3.8) is 0 Å². The van der Waals surface area contributed by atoms with Crippen LogP contribution < -0.4 is 14.8 Å². The summed E-state index contributed by atoms with van der Waals surface area (Å²) >= 11 is 0. The van der Waals surface area contributed by atoms with E-state index in [2.05, 4.69) is 26.1 Å². The number of carbonyl (C=O) groups is 1. The Hall–Kier alpha value is -2.61. The number of methoxy groups -OCH3 is 2. The first-order valence-corrected chi connectivity index (χ1v) is 10.5. The molecule has 0 unspecified atom stereocenters. The van der Waals surface area contributed by atoms with Gasteiger partial charge < -0.3 is 19.5 Å². The van der Waals surface area contributed by atoms with Gasteiger partial charge in [0.25, 0.3) is 0 Å². The molecule has 0 radical (unpaired) electrons. The Kier molecular flexibility index (Phi) is 7.31. The maximum absolute atomic E-state index is 12.2. The lowest BCUT2D eigenvalue weighted by Crippen LogP contribution is -2.42. The van der Waals surface area contributed by atoms with Crippen LogP contribution in [0.1, 0.15) is 63.0 Å². The quantitative estimate of drug-likeness (QED) is 0.675. The summed E-state index contributed by atoms with van der Waals surface area (Å²) in [5.74, 6) is 3.08. The molecular weight excluding hydrogens is 384 g/mol. The molecule has 1 aliphatic rings. The molecule has 2 atom stereocenters. The van der Waals surface area contributed by atoms with E-state index in [4.69, 9.17) is 24.3 Å².